The molecule has 0 aromatic heterocycles. The predicted octanol–water partition coefficient (Wildman–Crippen LogP) is 1.61. The Kier molecular flexibility index (Phi) is 11.3. The van der Waals surface area contributed by atoms with Crippen LogP contribution in [0.4, 0.5) is 0 Å². The summed E-state index contributed by atoms with van der Waals surface area (Å²) in [5, 5.41) is 0. The fourth-order valence-electron chi connectivity index (χ4n) is 0.931. The third-order valence-corrected chi connectivity index (χ3v) is 5.14. The molecular formula is C8H23IO3Si3. The molecule has 15 heavy (non-hydrogen) atoms. The lowest BCUT2D eigenvalue weighted by molar-refractivity contribution is -0.145. The summed E-state index contributed by atoms with van der Waals surface area (Å²) in [4.78, 5) is 0. The molecular weight excluding hydrogens is 355 g/mol. The molecule has 0 spiro atoms. The average molecular weight is 378 g/mol. The Bertz CT molecular complexity index is 139. The zero-order chi connectivity index (χ0) is 11.7. The van der Waals surface area contributed by atoms with E-state index < -0.39 is 27.8 Å². The first-order chi connectivity index (χ1) is 7.06. The van der Waals surface area contributed by atoms with Crippen LogP contribution in [0, 0.1) is 0 Å². The molecule has 0 fully saturated rings. The monoisotopic (exact) mass is 378 g/mol. The van der Waals surface area contributed by atoms with Gasteiger partial charge in [-0.1, -0.05) is 22.6 Å². The highest BCUT2D eigenvalue weighted by Gasteiger charge is 2.13. The molecule has 0 aliphatic carbocycles. The van der Waals surface area contributed by atoms with Gasteiger partial charge in [0.25, 0.3) is 0 Å². The van der Waals surface area contributed by atoms with Gasteiger partial charge in [-0.2, -0.15) is 0 Å². The van der Waals surface area contributed by atoms with Crippen molar-refractivity contribution in [3.8, 4) is 0 Å². The average Bonchev–Trinajstić information content (AvgIpc) is 2.10. The normalized spacial score (nSPS) is 12.8. The van der Waals surface area contributed by atoms with Gasteiger partial charge in [0, 0.05) is 0 Å². The van der Waals surface area contributed by atoms with Crippen molar-refractivity contribution in [1.29, 1.82) is 0 Å². The summed E-state index contributed by atoms with van der Waals surface area (Å²) in [6.07, 6.45) is 1.26. The zero-order valence-corrected chi connectivity index (χ0v) is 16.0. The van der Waals surface area contributed by atoms with Crippen molar-refractivity contribution in [3.05, 3.63) is 0 Å². The van der Waals surface area contributed by atoms with Gasteiger partial charge in [0.15, 0.2) is 27.8 Å². The van der Waals surface area contributed by atoms with E-state index in [1.807, 2.05) is 0 Å². The fourth-order valence-corrected chi connectivity index (χ4v) is 5.08. The standard InChI is InChI=1S/C8H23IO3Si3/c1-14(2)11-8(12-15(3)4)10-13-7-5-6-9/h8,14-15H,5-7,13H2,1-4H3. The summed E-state index contributed by atoms with van der Waals surface area (Å²) in [6.45, 7) is 8.26. The lowest BCUT2D eigenvalue weighted by Crippen LogP contribution is -2.31. The summed E-state index contributed by atoms with van der Waals surface area (Å²) >= 11 is 2.40. The first kappa shape index (κ1) is 16.3. The third kappa shape index (κ3) is 11.5. The number of alkyl halides is 1. The molecule has 0 bridgehead atoms. The van der Waals surface area contributed by atoms with E-state index in [4.69, 9.17) is 13.3 Å². The molecule has 0 aliphatic rings. The third-order valence-electron chi connectivity index (χ3n) is 1.55. The molecule has 0 aromatic rings. The quantitative estimate of drug-likeness (QED) is 0.201. The topological polar surface area (TPSA) is 27.7 Å². The first-order valence-electron chi connectivity index (χ1n) is 5.54. The van der Waals surface area contributed by atoms with E-state index in [0.29, 0.717) is 0 Å². The van der Waals surface area contributed by atoms with Crippen LogP contribution in [0.1, 0.15) is 6.42 Å². The molecule has 0 atom stereocenters. The van der Waals surface area contributed by atoms with Gasteiger partial charge in [-0.15, -0.1) is 0 Å². The van der Waals surface area contributed by atoms with Crippen LogP contribution in [0.15, 0.2) is 0 Å². The molecule has 0 rings (SSSR count). The highest BCUT2D eigenvalue weighted by Crippen LogP contribution is 2.04. The summed E-state index contributed by atoms with van der Waals surface area (Å²) < 4.78 is 18.4. The number of hydrogen-bond acceptors (Lipinski definition) is 3. The van der Waals surface area contributed by atoms with Crippen LogP contribution < -0.4 is 0 Å². The SMILES string of the molecule is C[SiH](C)OC(O[SiH2]CCCI)O[SiH](C)C. The van der Waals surface area contributed by atoms with Crippen molar-refractivity contribution >= 4 is 50.4 Å². The molecule has 0 N–H and O–H groups in total. The van der Waals surface area contributed by atoms with Crippen molar-refractivity contribution in [3.63, 3.8) is 0 Å². The Hall–Kier alpha value is 1.26. The van der Waals surface area contributed by atoms with Crippen molar-refractivity contribution in [2.45, 2.75) is 45.1 Å². The van der Waals surface area contributed by atoms with E-state index in [2.05, 4.69) is 48.8 Å². The lowest BCUT2D eigenvalue weighted by Gasteiger charge is -2.23. The van der Waals surface area contributed by atoms with Crippen molar-refractivity contribution in [2.75, 3.05) is 4.43 Å². The van der Waals surface area contributed by atoms with Gasteiger partial charge in [0.1, 0.15) is 0 Å². The summed E-state index contributed by atoms with van der Waals surface area (Å²) in [7, 11) is -2.55. The van der Waals surface area contributed by atoms with E-state index in [9.17, 15) is 0 Å². The van der Waals surface area contributed by atoms with Gasteiger partial charge >= 0.3 is 0 Å². The van der Waals surface area contributed by atoms with E-state index in [0.717, 1.165) is 0 Å². The summed E-state index contributed by atoms with van der Waals surface area (Å²) in [6, 6.07) is 1.23. The molecule has 0 unspecified atom stereocenters. The van der Waals surface area contributed by atoms with Crippen LogP contribution in [0.3, 0.4) is 0 Å². The van der Waals surface area contributed by atoms with Gasteiger partial charge in [-0.05, 0) is 43.1 Å². The van der Waals surface area contributed by atoms with Crippen molar-refractivity contribution < 1.29 is 13.3 Å². The molecule has 0 aliphatic heterocycles. The minimum Gasteiger partial charge on any atom is -0.380 e. The van der Waals surface area contributed by atoms with Crippen LogP contribution in [0.5, 0.6) is 0 Å². The Balaban J connectivity index is 3.69. The number of hydrogen-bond donors (Lipinski definition) is 0. The van der Waals surface area contributed by atoms with Gasteiger partial charge in [0.2, 0.25) is 6.48 Å². The van der Waals surface area contributed by atoms with Crippen LogP contribution in [0.25, 0.3) is 0 Å². The van der Waals surface area contributed by atoms with Crippen LogP contribution >= 0.6 is 22.6 Å². The zero-order valence-electron chi connectivity index (χ0n) is 10.2. The maximum atomic E-state index is 5.73. The van der Waals surface area contributed by atoms with Crippen molar-refractivity contribution in [2.24, 2.45) is 0 Å². The molecule has 0 aromatic carbocycles. The second-order valence-electron chi connectivity index (χ2n) is 3.93. The first-order valence-corrected chi connectivity index (χ1v) is 14.2. The van der Waals surface area contributed by atoms with Crippen LogP contribution in [0.2, 0.25) is 32.2 Å². The maximum absolute atomic E-state index is 5.73. The minimum absolute atomic E-state index is 0.329. The second kappa shape index (κ2) is 10.4. The van der Waals surface area contributed by atoms with E-state index in [-0.39, 0.29) is 6.48 Å². The Morgan fingerprint density at radius 1 is 1.13 bits per heavy atom. The molecule has 92 valence electrons. The molecule has 3 nitrogen and oxygen atoms in total. The van der Waals surface area contributed by atoms with E-state index >= 15 is 0 Å². The van der Waals surface area contributed by atoms with Gasteiger partial charge in [0.05, 0.1) is 0 Å². The number of rotatable bonds is 9. The van der Waals surface area contributed by atoms with Gasteiger partial charge in [-0.25, -0.2) is 0 Å². The van der Waals surface area contributed by atoms with Gasteiger partial charge < -0.3 is 13.3 Å². The molecule has 0 amide bonds. The largest absolute Gasteiger partial charge is 0.380 e. The van der Waals surface area contributed by atoms with Crippen LogP contribution in [-0.4, -0.2) is 38.7 Å². The molecule has 7 heteroatoms. The number of halogens is 1. The van der Waals surface area contributed by atoms with Crippen LogP contribution in [-0.2, 0) is 13.3 Å². The fraction of sp³-hybridized carbons (Fsp3) is 1.00. The maximum Gasteiger partial charge on any atom is 0.242 e. The van der Waals surface area contributed by atoms with Crippen molar-refractivity contribution in [1.82, 2.24) is 0 Å². The molecule has 0 heterocycles. The van der Waals surface area contributed by atoms with E-state index in [1.165, 1.54) is 16.9 Å². The molecule has 0 saturated carbocycles. The molecule has 0 radical (unpaired) electrons. The Morgan fingerprint density at radius 2 is 1.67 bits per heavy atom. The Labute approximate surface area is 113 Å². The minimum atomic E-state index is -1.05. The Morgan fingerprint density at radius 3 is 2.07 bits per heavy atom. The predicted molar refractivity (Wildman–Crippen MR) is 81.7 cm³/mol. The highest BCUT2D eigenvalue weighted by atomic mass is 127. The molecule has 0 saturated heterocycles. The second-order valence-corrected chi connectivity index (χ2v) is 11.2. The summed E-state index contributed by atoms with van der Waals surface area (Å²) in [5.74, 6) is 0. The summed E-state index contributed by atoms with van der Waals surface area (Å²) in [5.41, 5.74) is 0. The van der Waals surface area contributed by atoms with E-state index in [1.54, 1.807) is 0 Å². The highest BCUT2D eigenvalue weighted by molar-refractivity contribution is 14.1. The smallest absolute Gasteiger partial charge is 0.242 e. The lowest BCUT2D eigenvalue weighted by atomic mass is 10.6. The van der Waals surface area contributed by atoms with Gasteiger partial charge in [-0.3, -0.25) is 0 Å².